The number of rotatable bonds is 10. The van der Waals surface area contributed by atoms with E-state index in [-0.39, 0.29) is 11.6 Å². The number of amidine groups is 1. The minimum atomic E-state index is -3.07. The second-order valence-electron chi connectivity index (χ2n) is 9.94. The van der Waals surface area contributed by atoms with E-state index in [1.54, 1.807) is 23.3 Å². The molecule has 2 aromatic rings. The monoisotopic (exact) mass is 543 g/mol. The molecule has 4 rings (SSSR count). The predicted molar refractivity (Wildman–Crippen MR) is 156 cm³/mol. The molecule has 40 heavy (non-hydrogen) atoms. The van der Waals surface area contributed by atoms with Gasteiger partial charge in [-0.15, -0.1) is 0 Å². The number of hydrogen-bond donors (Lipinski definition) is 2. The molecule has 1 saturated heterocycles. The first-order valence-corrected chi connectivity index (χ1v) is 13.5. The Morgan fingerprint density at radius 3 is 2.70 bits per heavy atom. The number of halogens is 2. The van der Waals surface area contributed by atoms with Gasteiger partial charge in [-0.25, -0.2) is 18.8 Å². The molecule has 2 aromatic carbocycles. The Labute approximate surface area is 235 Å². The SMILES string of the molecule is C=C1C=C(N2OCC[C@H]2c2ccccc2)C(C#N)=CN=C1Nc1ccc(C(=C)CCNCCC)c(C(C)(F)F)c1. The molecular formula is C32H35F2N5O. The number of alkyl halides is 2. The quantitative estimate of drug-likeness (QED) is 0.309. The van der Waals surface area contributed by atoms with Gasteiger partial charge in [0.1, 0.15) is 11.9 Å². The van der Waals surface area contributed by atoms with Gasteiger partial charge in [0.2, 0.25) is 0 Å². The van der Waals surface area contributed by atoms with Crippen LogP contribution in [0.25, 0.3) is 5.57 Å². The van der Waals surface area contributed by atoms with Crippen molar-refractivity contribution in [2.45, 2.75) is 45.1 Å². The first-order chi connectivity index (χ1) is 19.2. The third-order valence-corrected chi connectivity index (χ3v) is 6.83. The molecule has 2 N–H and O–H groups in total. The normalized spacial score (nSPS) is 17.5. The maximum atomic E-state index is 14.7. The highest BCUT2D eigenvalue weighted by Gasteiger charge is 2.32. The summed E-state index contributed by atoms with van der Waals surface area (Å²) in [6.07, 6.45) is 5.52. The lowest BCUT2D eigenvalue weighted by atomic mass is 9.94. The summed E-state index contributed by atoms with van der Waals surface area (Å²) in [5.41, 5.74) is 3.81. The number of hydroxylamine groups is 2. The van der Waals surface area contributed by atoms with Crippen molar-refractivity contribution in [2.24, 2.45) is 4.99 Å². The van der Waals surface area contributed by atoms with Crippen LogP contribution in [-0.4, -0.2) is 30.6 Å². The Balaban J connectivity index is 1.58. The lowest BCUT2D eigenvalue weighted by molar-refractivity contribution is -0.0989. The van der Waals surface area contributed by atoms with Gasteiger partial charge >= 0.3 is 0 Å². The van der Waals surface area contributed by atoms with Gasteiger partial charge in [0.15, 0.2) is 0 Å². The summed E-state index contributed by atoms with van der Waals surface area (Å²) < 4.78 is 29.4. The summed E-state index contributed by atoms with van der Waals surface area (Å²) >= 11 is 0. The first kappa shape index (κ1) is 28.9. The zero-order chi connectivity index (χ0) is 28.7. The second kappa shape index (κ2) is 12.9. The highest BCUT2D eigenvalue weighted by Crippen LogP contribution is 2.38. The first-order valence-electron chi connectivity index (χ1n) is 13.5. The van der Waals surface area contributed by atoms with Crippen LogP contribution in [0.3, 0.4) is 0 Å². The summed E-state index contributed by atoms with van der Waals surface area (Å²) in [7, 11) is 0. The van der Waals surface area contributed by atoms with Crippen LogP contribution in [-0.2, 0) is 10.8 Å². The van der Waals surface area contributed by atoms with Gasteiger partial charge in [0.25, 0.3) is 5.92 Å². The molecule has 0 bridgehead atoms. The van der Waals surface area contributed by atoms with Crippen LogP contribution in [0.2, 0.25) is 0 Å². The van der Waals surface area contributed by atoms with E-state index in [9.17, 15) is 14.0 Å². The number of nitrogens with one attached hydrogen (secondary N) is 2. The highest BCUT2D eigenvalue weighted by atomic mass is 19.3. The van der Waals surface area contributed by atoms with Crippen molar-refractivity contribution < 1.29 is 13.6 Å². The van der Waals surface area contributed by atoms with Gasteiger partial charge in [-0.3, -0.25) is 4.84 Å². The average molecular weight is 544 g/mol. The molecule has 8 heteroatoms. The number of nitrogens with zero attached hydrogens (tertiary/aromatic N) is 3. The Kier molecular flexibility index (Phi) is 9.30. The van der Waals surface area contributed by atoms with Crippen LogP contribution in [0.4, 0.5) is 14.5 Å². The third kappa shape index (κ3) is 6.74. The van der Waals surface area contributed by atoms with Crippen molar-refractivity contribution in [2.75, 3.05) is 25.0 Å². The second-order valence-corrected chi connectivity index (χ2v) is 9.94. The van der Waals surface area contributed by atoms with Crippen molar-refractivity contribution in [3.05, 3.63) is 107 Å². The largest absolute Gasteiger partial charge is 0.340 e. The van der Waals surface area contributed by atoms with E-state index in [0.29, 0.717) is 59.1 Å². The number of benzene rings is 2. The zero-order valence-electron chi connectivity index (χ0n) is 23.0. The van der Waals surface area contributed by atoms with Gasteiger partial charge in [-0.05, 0) is 60.8 Å². The summed E-state index contributed by atoms with van der Waals surface area (Å²) in [4.78, 5) is 10.4. The van der Waals surface area contributed by atoms with Gasteiger partial charge in [0, 0.05) is 36.4 Å². The molecule has 1 atom stereocenters. The van der Waals surface area contributed by atoms with Crippen LogP contribution in [0.5, 0.6) is 0 Å². The fourth-order valence-electron chi connectivity index (χ4n) is 4.76. The van der Waals surface area contributed by atoms with Crippen molar-refractivity contribution in [1.82, 2.24) is 10.4 Å². The van der Waals surface area contributed by atoms with Gasteiger partial charge in [0.05, 0.1) is 23.9 Å². The Morgan fingerprint density at radius 1 is 1.23 bits per heavy atom. The zero-order valence-corrected chi connectivity index (χ0v) is 23.0. The van der Waals surface area contributed by atoms with E-state index in [1.165, 1.54) is 12.3 Å². The Morgan fingerprint density at radius 2 is 2.00 bits per heavy atom. The van der Waals surface area contributed by atoms with Crippen molar-refractivity contribution in [3.63, 3.8) is 0 Å². The minimum absolute atomic E-state index is 0.0707. The van der Waals surface area contributed by atoms with Crippen LogP contribution < -0.4 is 10.6 Å². The molecule has 2 aliphatic rings. The molecule has 6 nitrogen and oxygen atoms in total. The van der Waals surface area contributed by atoms with E-state index in [1.807, 2.05) is 30.3 Å². The van der Waals surface area contributed by atoms with Crippen LogP contribution >= 0.6 is 0 Å². The number of nitriles is 1. The predicted octanol–water partition coefficient (Wildman–Crippen LogP) is 7.25. The van der Waals surface area contributed by atoms with E-state index in [4.69, 9.17) is 4.84 Å². The lowest BCUT2D eigenvalue weighted by Crippen LogP contribution is -2.23. The van der Waals surface area contributed by atoms with Gasteiger partial charge in [-0.2, -0.15) is 5.26 Å². The smallest absolute Gasteiger partial charge is 0.271 e. The van der Waals surface area contributed by atoms with E-state index in [0.717, 1.165) is 31.9 Å². The molecule has 0 radical (unpaired) electrons. The lowest BCUT2D eigenvalue weighted by Gasteiger charge is -2.27. The van der Waals surface area contributed by atoms with Crippen LogP contribution in [0.15, 0.2) is 95.8 Å². The Hall–Kier alpha value is -4.06. The molecule has 208 valence electrons. The standard InChI is InChI=1S/C32H35F2N5O/c1-5-15-36-16-13-22(2)27-12-11-26(19-28(27)32(4,33)34)38-31-23(3)18-30(25(20-35)21-37-31)39-29(14-17-40-39)24-9-7-6-8-10-24/h6-12,18-19,21,29,36H,2-3,5,13-17H2,1,4H3,(H,37,38)/t29-/m0/s1. The van der Waals surface area contributed by atoms with Crippen molar-refractivity contribution in [3.8, 4) is 6.07 Å². The van der Waals surface area contributed by atoms with Crippen molar-refractivity contribution in [1.29, 1.82) is 5.26 Å². The van der Waals surface area contributed by atoms with Crippen LogP contribution in [0.1, 0.15) is 55.8 Å². The number of anilines is 1. The molecule has 0 spiro atoms. The maximum absolute atomic E-state index is 14.7. The molecule has 2 heterocycles. The highest BCUT2D eigenvalue weighted by molar-refractivity contribution is 6.10. The number of hydrogen-bond acceptors (Lipinski definition) is 6. The molecule has 0 saturated carbocycles. The molecule has 2 aliphatic heterocycles. The van der Waals surface area contributed by atoms with Gasteiger partial charge < -0.3 is 10.6 Å². The maximum Gasteiger partial charge on any atom is 0.271 e. The molecule has 0 aromatic heterocycles. The third-order valence-electron chi connectivity index (χ3n) is 6.83. The number of allylic oxidation sites excluding steroid dienone is 1. The molecule has 0 unspecified atom stereocenters. The van der Waals surface area contributed by atoms with Crippen molar-refractivity contribution >= 4 is 17.1 Å². The molecule has 0 aliphatic carbocycles. The summed E-state index contributed by atoms with van der Waals surface area (Å²) in [6, 6.07) is 16.9. The van der Waals surface area contributed by atoms with E-state index >= 15 is 0 Å². The summed E-state index contributed by atoms with van der Waals surface area (Å²) in [5.74, 6) is -2.73. The average Bonchev–Trinajstić information content (AvgIpc) is 3.38. The number of aliphatic imine (C=N–C) groups is 1. The molecule has 1 fully saturated rings. The summed E-state index contributed by atoms with van der Waals surface area (Å²) in [6.45, 7) is 13.2. The summed E-state index contributed by atoms with van der Waals surface area (Å²) in [5, 5.41) is 18.1. The fraction of sp³-hybridized carbons (Fsp3) is 0.312. The minimum Gasteiger partial charge on any atom is -0.340 e. The topological polar surface area (TPSA) is 72.7 Å². The fourth-order valence-corrected chi connectivity index (χ4v) is 4.76. The van der Waals surface area contributed by atoms with E-state index in [2.05, 4.69) is 41.8 Å². The van der Waals surface area contributed by atoms with E-state index < -0.39 is 5.92 Å². The van der Waals surface area contributed by atoms with Crippen LogP contribution in [0, 0.1) is 11.3 Å². The Bertz CT molecular complexity index is 1380. The van der Waals surface area contributed by atoms with Gasteiger partial charge in [-0.1, -0.05) is 56.5 Å². The molecule has 0 amide bonds. The molecular weight excluding hydrogens is 508 g/mol.